The molecule has 2 aliphatic rings. The second-order valence-corrected chi connectivity index (χ2v) is 7.49. The van der Waals surface area contributed by atoms with Crippen LogP contribution in [-0.4, -0.2) is 48.5 Å². The van der Waals surface area contributed by atoms with Crippen LogP contribution in [0.15, 0.2) is 0 Å². The van der Waals surface area contributed by atoms with Crippen LogP contribution >= 0.6 is 11.8 Å². The number of thioether (sulfide) groups is 1. The highest BCUT2D eigenvalue weighted by Gasteiger charge is 2.30. The maximum Gasteiger partial charge on any atom is 0.0897 e. The molecule has 0 aliphatic heterocycles. The first-order chi connectivity index (χ1) is 9.24. The summed E-state index contributed by atoms with van der Waals surface area (Å²) in [6, 6.07) is 0. The standard InChI is InChI=1S/C15H29NO2S/c1-19-15(7-3-2-4-8-15)12-16-9-14(17)11-18-10-13-5-6-13/h13-14,16-17H,2-12H2,1H3. The second-order valence-electron chi connectivity index (χ2n) is 6.21. The van der Waals surface area contributed by atoms with Gasteiger partial charge in [0.2, 0.25) is 0 Å². The Labute approximate surface area is 121 Å². The predicted molar refractivity (Wildman–Crippen MR) is 81.8 cm³/mol. The van der Waals surface area contributed by atoms with E-state index in [1.165, 1.54) is 44.9 Å². The molecule has 0 aromatic rings. The molecule has 0 heterocycles. The van der Waals surface area contributed by atoms with Crippen molar-refractivity contribution in [2.45, 2.75) is 55.8 Å². The molecule has 2 saturated carbocycles. The van der Waals surface area contributed by atoms with E-state index in [2.05, 4.69) is 11.6 Å². The van der Waals surface area contributed by atoms with Crippen molar-refractivity contribution < 1.29 is 9.84 Å². The average molecular weight is 287 g/mol. The van der Waals surface area contributed by atoms with E-state index in [9.17, 15) is 5.11 Å². The van der Waals surface area contributed by atoms with Crippen molar-refractivity contribution in [3.05, 3.63) is 0 Å². The Morgan fingerprint density at radius 2 is 2.05 bits per heavy atom. The fraction of sp³-hybridized carbons (Fsp3) is 1.00. The van der Waals surface area contributed by atoms with Crippen LogP contribution in [0.4, 0.5) is 0 Å². The number of aliphatic hydroxyl groups excluding tert-OH is 1. The summed E-state index contributed by atoms with van der Waals surface area (Å²) in [4.78, 5) is 0. The fourth-order valence-electron chi connectivity index (χ4n) is 2.83. The predicted octanol–water partition coefficient (Wildman–Crippen LogP) is 2.43. The summed E-state index contributed by atoms with van der Waals surface area (Å²) in [6.07, 6.45) is 11.2. The number of ether oxygens (including phenoxy) is 1. The molecule has 0 aromatic heterocycles. The Balaban J connectivity index is 1.55. The molecule has 112 valence electrons. The van der Waals surface area contributed by atoms with Crippen LogP contribution in [0, 0.1) is 5.92 Å². The summed E-state index contributed by atoms with van der Waals surface area (Å²) >= 11 is 2.00. The molecule has 0 spiro atoms. The molecule has 0 amide bonds. The molecule has 19 heavy (non-hydrogen) atoms. The van der Waals surface area contributed by atoms with Gasteiger partial charge in [-0.05, 0) is 37.9 Å². The van der Waals surface area contributed by atoms with E-state index < -0.39 is 0 Å². The minimum Gasteiger partial charge on any atom is -0.389 e. The van der Waals surface area contributed by atoms with E-state index in [-0.39, 0.29) is 6.10 Å². The molecule has 2 N–H and O–H groups in total. The molecule has 1 unspecified atom stereocenters. The third kappa shape index (κ3) is 5.62. The number of hydrogen-bond donors (Lipinski definition) is 2. The Hall–Kier alpha value is 0.230. The van der Waals surface area contributed by atoms with Gasteiger partial charge in [0, 0.05) is 24.4 Å². The van der Waals surface area contributed by atoms with Gasteiger partial charge in [-0.3, -0.25) is 0 Å². The first-order valence-electron chi connectivity index (χ1n) is 7.76. The summed E-state index contributed by atoms with van der Waals surface area (Å²) in [5, 5.41) is 13.3. The molecule has 0 bridgehead atoms. The highest BCUT2D eigenvalue weighted by molar-refractivity contribution is 8.00. The largest absolute Gasteiger partial charge is 0.389 e. The van der Waals surface area contributed by atoms with Crippen molar-refractivity contribution in [3.8, 4) is 0 Å². The minimum absolute atomic E-state index is 0.360. The van der Waals surface area contributed by atoms with E-state index in [0.29, 0.717) is 17.9 Å². The molecular formula is C15H29NO2S. The van der Waals surface area contributed by atoms with E-state index in [1.54, 1.807) is 0 Å². The second kappa shape index (κ2) is 7.87. The average Bonchev–Trinajstić information content (AvgIpc) is 3.24. The van der Waals surface area contributed by atoms with Gasteiger partial charge in [-0.15, -0.1) is 0 Å². The molecule has 0 saturated heterocycles. The first kappa shape index (κ1) is 15.6. The highest BCUT2D eigenvalue weighted by Crippen LogP contribution is 2.37. The molecule has 0 aromatic carbocycles. The fourth-order valence-corrected chi connectivity index (χ4v) is 3.77. The maximum atomic E-state index is 9.87. The third-order valence-electron chi connectivity index (χ3n) is 4.39. The zero-order valence-corrected chi connectivity index (χ0v) is 13.0. The molecule has 2 rings (SSSR count). The van der Waals surface area contributed by atoms with Gasteiger partial charge >= 0.3 is 0 Å². The Morgan fingerprint density at radius 1 is 1.32 bits per heavy atom. The molecule has 2 fully saturated rings. The molecule has 0 radical (unpaired) electrons. The van der Waals surface area contributed by atoms with E-state index >= 15 is 0 Å². The lowest BCUT2D eigenvalue weighted by Gasteiger charge is -2.36. The Morgan fingerprint density at radius 3 is 2.68 bits per heavy atom. The van der Waals surface area contributed by atoms with E-state index in [1.807, 2.05) is 11.8 Å². The Kier molecular flexibility index (Phi) is 6.46. The first-order valence-corrected chi connectivity index (χ1v) is 8.98. The zero-order valence-electron chi connectivity index (χ0n) is 12.2. The summed E-state index contributed by atoms with van der Waals surface area (Å²) in [5.74, 6) is 0.780. The smallest absolute Gasteiger partial charge is 0.0897 e. The molecular weight excluding hydrogens is 258 g/mol. The van der Waals surface area contributed by atoms with Gasteiger partial charge < -0.3 is 15.2 Å². The molecule has 4 heteroatoms. The monoisotopic (exact) mass is 287 g/mol. The van der Waals surface area contributed by atoms with Crippen LogP contribution < -0.4 is 5.32 Å². The summed E-state index contributed by atoms with van der Waals surface area (Å²) < 4.78 is 5.93. The lowest BCUT2D eigenvalue weighted by atomic mass is 9.88. The topological polar surface area (TPSA) is 41.5 Å². The number of hydrogen-bond acceptors (Lipinski definition) is 4. The Bertz CT molecular complexity index is 253. The number of rotatable bonds is 9. The van der Waals surface area contributed by atoms with Crippen LogP contribution in [0.25, 0.3) is 0 Å². The van der Waals surface area contributed by atoms with Crippen LogP contribution in [0.2, 0.25) is 0 Å². The van der Waals surface area contributed by atoms with Gasteiger partial charge in [-0.1, -0.05) is 19.3 Å². The normalized spacial score (nSPS) is 24.3. The van der Waals surface area contributed by atoms with Crippen molar-refractivity contribution in [1.82, 2.24) is 5.32 Å². The molecule has 1 atom stereocenters. The lowest BCUT2D eigenvalue weighted by molar-refractivity contribution is 0.0322. The van der Waals surface area contributed by atoms with E-state index in [4.69, 9.17) is 4.74 Å². The van der Waals surface area contributed by atoms with Gasteiger partial charge in [0.05, 0.1) is 12.7 Å². The SMILES string of the molecule is CSC1(CNCC(O)COCC2CC2)CCCCC1. The maximum absolute atomic E-state index is 9.87. The van der Waals surface area contributed by atoms with Crippen LogP contribution in [0.1, 0.15) is 44.9 Å². The third-order valence-corrected chi connectivity index (χ3v) is 5.80. The van der Waals surface area contributed by atoms with E-state index in [0.717, 1.165) is 19.1 Å². The van der Waals surface area contributed by atoms with Crippen molar-refractivity contribution >= 4 is 11.8 Å². The van der Waals surface area contributed by atoms with Gasteiger partial charge in [0.25, 0.3) is 0 Å². The zero-order chi connectivity index (χ0) is 13.6. The van der Waals surface area contributed by atoms with Crippen molar-refractivity contribution in [1.29, 1.82) is 0 Å². The van der Waals surface area contributed by atoms with Gasteiger partial charge in [0.15, 0.2) is 0 Å². The minimum atomic E-state index is -0.360. The number of aliphatic hydroxyl groups is 1. The van der Waals surface area contributed by atoms with Gasteiger partial charge in [0.1, 0.15) is 0 Å². The molecule has 2 aliphatic carbocycles. The van der Waals surface area contributed by atoms with Gasteiger partial charge in [-0.2, -0.15) is 11.8 Å². The quantitative estimate of drug-likeness (QED) is 0.683. The lowest BCUT2D eigenvalue weighted by Crippen LogP contribution is -2.42. The summed E-state index contributed by atoms with van der Waals surface area (Å²) in [5.41, 5.74) is 0. The van der Waals surface area contributed by atoms with Crippen LogP contribution in [0.5, 0.6) is 0 Å². The van der Waals surface area contributed by atoms with Crippen LogP contribution in [0.3, 0.4) is 0 Å². The van der Waals surface area contributed by atoms with Crippen LogP contribution in [-0.2, 0) is 4.74 Å². The van der Waals surface area contributed by atoms with Crippen molar-refractivity contribution in [3.63, 3.8) is 0 Å². The summed E-state index contributed by atoms with van der Waals surface area (Å²) in [6.45, 7) is 3.00. The van der Waals surface area contributed by atoms with Crippen molar-refractivity contribution in [2.24, 2.45) is 5.92 Å². The number of nitrogens with one attached hydrogen (secondary N) is 1. The summed E-state index contributed by atoms with van der Waals surface area (Å²) in [7, 11) is 0. The van der Waals surface area contributed by atoms with Gasteiger partial charge in [-0.25, -0.2) is 0 Å². The van der Waals surface area contributed by atoms with Crippen molar-refractivity contribution in [2.75, 3.05) is 32.6 Å². The molecule has 3 nitrogen and oxygen atoms in total. The highest BCUT2D eigenvalue weighted by atomic mass is 32.2.